The molecule has 0 amide bonds. The van der Waals surface area contributed by atoms with E-state index in [1.807, 2.05) is 0 Å². The van der Waals surface area contributed by atoms with E-state index in [-0.39, 0.29) is 11.6 Å². The van der Waals surface area contributed by atoms with Gasteiger partial charge in [0.25, 0.3) is 0 Å². The second-order valence-electron chi connectivity index (χ2n) is 5.24. The number of rotatable bonds is 2. The summed E-state index contributed by atoms with van der Waals surface area (Å²) in [4.78, 5) is 0. The van der Waals surface area contributed by atoms with Crippen molar-refractivity contribution in [1.82, 2.24) is 0 Å². The summed E-state index contributed by atoms with van der Waals surface area (Å²) in [5, 5.41) is 0. The lowest BCUT2D eigenvalue weighted by Crippen LogP contribution is -2.32. The molecule has 1 aliphatic carbocycles. The van der Waals surface area contributed by atoms with Gasteiger partial charge in [0.05, 0.1) is 6.04 Å². The van der Waals surface area contributed by atoms with Crippen LogP contribution in [0, 0.1) is 5.92 Å². The Balaban J connectivity index is 1.95. The van der Waals surface area contributed by atoms with Crippen LogP contribution in [0.4, 0.5) is 0 Å². The number of ether oxygens (including phenoxy) is 1. The van der Waals surface area contributed by atoms with Gasteiger partial charge in [-0.3, -0.25) is 0 Å². The molecule has 1 saturated carbocycles. The Morgan fingerprint density at radius 1 is 1.43 bits per heavy atom. The van der Waals surface area contributed by atoms with Gasteiger partial charge in [0.2, 0.25) is 0 Å². The molecule has 0 saturated heterocycles. The monoisotopic (exact) mass is 195 g/mol. The van der Waals surface area contributed by atoms with Crippen LogP contribution < -0.4 is 5.73 Å². The SMILES string of the molecule is CC1(C)CC=C(C(N)C2CCCC2)O1. The number of hydrogen-bond donors (Lipinski definition) is 1. The predicted octanol–water partition coefficient (Wildman–Crippen LogP) is 2.59. The van der Waals surface area contributed by atoms with Crippen molar-refractivity contribution in [1.29, 1.82) is 0 Å². The minimum absolute atomic E-state index is 0.0223. The van der Waals surface area contributed by atoms with Crippen LogP contribution in [0.3, 0.4) is 0 Å². The maximum absolute atomic E-state index is 6.21. The molecule has 0 aromatic rings. The third-order valence-electron chi connectivity index (χ3n) is 3.43. The molecular formula is C12H21NO. The van der Waals surface area contributed by atoms with Gasteiger partial charge >= 0.3 is 0 Å². The Morgan fingerprint density at radius 2 is 2.07 bits per heavy atom. The van der Waals surface area contributed by atoms with E-state index in [0.717, 1.165) is 12.2 Å². The summed E-state index contributed by atoms with van der Waals surface area (Å²) in [5.41, 5.74) is 6.19. The zero-order chi connectivity index (χ0) is 10.2. The van der Waals surface area contributed by atoms with Crippen LogP contribution in [0.5, 0.6) is 0 Å². The highest BCUT2D eigenvalue weighted by molar-refractivity contribution is 5.12. The van der Waals surface area contributed by atoms with E-state index in [1.54, 1.807) is 0 Å². The molecule has 1 unspecified atom stereocenters. The Hall–Kier alpha value is -0.500. The van der Waals surface area contributed by atoms with Crippen molar-refractivity contribution in [2.75, 3.05) is 0 Å². The first-order valence-electron chi connectivity index (χ1n) is 5.73. The molecule has 2 nitrogen and oxygen atoms in total. The molecule has 2 heteroatoms. The molecule has 0 aromatic heterocycles. The molecule has 2 aliphatic rings. The smallest absolute Gasteiger partial charge is 0.110 e. The van der Waals surface area contributed by atoms with Crippen molar-refractivity contribution in [3.8, 4) is 0 Å². The summed E-state index contributed by atoms with van der Waals surface area (Å²) >= 11 is 0. The molecule has 2 rings (SSSR count). The third-order valence-corrected chi connectivity index (χ3v) is 3.43. The van der Waals surface area contributed by atoms with E-state index in [2.05, 4.69) is 19.9 Å². The van der Waals surface area contributed by atoms with E-state index in [4.69, 9.17) is 10.5 Å². The van der Waals surface area contributed by atoms with Crippen LogP contribution in [0.15, 0.2) is 11.8 Å². The zero-order valence-electron chi connectivity index (χ0n) is 9.25. The van der Waals surface area contributed by atoms with Gasteiger partial charge in [-0.1, -0.05) is 12.8 Å². The topological polar surface area (TPSA) is 35.2 Å². The second-order valence-corrected chi connectivity index (χ2v) is 5.24. The fourth-order valence-electron chi connectivity index (χ4n) is 2.50. The summed E-state index contributed by atoms with van der Waals surface area (Å²) in [5.74, 6) is 1.71. The molecule has 1 atom stereocenters. The quantitative estimate of drug-likeness (QED) is 0.735. The number of nitrogens with two attached hydrogens (primary N) is 1. The second kappa shape index (κ2) is 3.58. The Morgan fingerprint density at radius 3 is 2.57 bits per heavy atom. The lowest BCUT2D eigenvalue weighted by atomic mass is 9.97. The zero-order valence-corrected chi connectivity index (χ0v) is 9.25. The van der Waals surface area contributed by atoms with Crippen molar-refractivity contribution < 1.29 is 4.74 Å². The van der Waals surface area contributed by atoms with Gasteiger partial charge in [0.1, 0.15) is 11.4 Å². The van der Waals surface area contributed by atoms with E-state index in [1.165, 1.54) is 25.7 Å². The molecule has 2 N–H and O–H groups in total. The Labute approximate surface area is 86.5 Å². The van der Waals surface area contributed by atoms with Crippen LogP contribution in [-0.2, 0) is 4.74 Å². The van der Waals surface area contributed by atoms with Crippen molar-refractivity contribution in [2.24, 2.45) is 11.7 Å². The van der Waals surface area contributed by atoms with Gasteiger partial charge in [-0.05, 0) is 38.7 Å². The fourth-order valence-corrected chi connectivity index (χ4v) is 2.50. The van der Waals surface area contributed by atoms with Gasteiger partial charge in [-0.2, -0.15) is 0 Å². The summed E-state index contributed by atoms with van der Waals surface area (Å²) in [6, 6.07) is 0.152. The van der Waals surface area contributed by atoms with Crippen LogP contribution in [0.1, 0.15) is 46.0 Å². The highest BCUT2D eigenvalue weighted by Gasteiger charge is 2.33. The van der Waals surface area contributed by atoms with Crippen LogP contribution in [0.25, 0.3) is 0 Å². The third kappa shape index (κ3) is 1.95. The first-order valence-corrected chi connectivity index (χ1v) is 5.73. The molecule has 0 spiro atoms. The summed E-state index contributed by atoms with van der Waals surface area (Å²) < 4.78 is 5.86. The van der Waals surface area contributed by atoms with Crippen LogP contribution >= 0.6 is 0 Å². The highest BCUT2D eigenvalue weighted by Crippen LogP contribution is 2.35. The molecule has 1 fully saturated rings. The summed E-state index contributed by atoms with van der Waals surface area (Å²) in [6.45, 7) is 4.25. The first kappa shape index (κ1) is 10.0. The van der Waals surface area contributed by atoms with Crippen molar-refractivity contribution in [2.45, 2.75) is 57.6 Å². The summed E-state index contributed by atoms with van der Waals surface area (Å²) in [7, 11) is 0. The average Bonchev–Trinajstić information content (AvgIpc) is 2.72. The van der Waals surface area contributed by atoms with E-state index < -0.39 is 0 Å². The van der Waals surface area contributed by atoms with E-state index in [9.17, 15) is 0 Å². The minimum atomic E-state index is -0.0223. The lowest BCUT2D eigenvalue weighted by molar-refractivity contribution is 0.0479. The molecular weight excluding hydrogens is 174 g/mol. The molecule has 80 valence electrons. The van der Waals surface area contributed by atoms with E-state index >= 15 is 0 Å². The molecule has 0 radical (unpaired) electrons. The Kier molecular flexibility index (Phi) is 2.56. The first-order chi connectivity index (χ1) is 6.58. The molecule has 14 heavy (non-hydrogen) atoms. The number of hydrogen-bond acceptors (Lipinski definition) is 2. The van der Waals surface area contributed by atoms with Gasteiger partial charge in [0.15, 0.2) is 0 Å². The maximum Gasteiger partial charge on any atom is 0.110 e. The van der Waals surface area contributed by atoms with Crippen molar-refractivity contribution >= 4 is 0 Å². The van der Waals surface area contributed by atoms with Crippen molar-refractivity contribution in [3.63, 3.8) is 0 Å². The lowest BCUT2D eigenvalue weighted by Gasteiger charge is -2.25. The van der Waals surface area contributed by atoms with Crippen LogP contribution in [-0.4, -0.2) is 11.6 Å². The molecule has 0 aromatic carbocycles. The van der Waals surface area contributed by atoms with Crippen LogP contribution in [0.2, 0.25) is 0 Å². The largest absolute Gasteiger partial charge is 0.491 e. The van der Waals surface area contributed by atoms with Gasteiger partial charge in [-0.25, -0.2) is 0 Å². The van der Waals surface area contributed by atoms with E-state index in [0.29, 0.717) is 5.92 Å². The molecule has 1 aliphatic heterocycles. The fraction of sp³-hybridized carbons (Fsp3) is 0.833. The molecule has 1 heterocycles. The molecule has 0 bridgehead atoms. The van der Waals surface area contributed by atoms with Gasteiger partial charge < -0.3 is 10.5 Å². The standard InChI is InChI=1S/C12H21NO/c1-12(2)8-7-10(14-12)11(13)9-5-3-4-6-9/h7,9,11H,3-6,8,13H2,1-2H3. The van der Waals surface area contributed by atoms with Gasteiger partial charge in [-0.15, -0.1) is 0 Å². The van der Waals surface area contributed by atoms with Crippen molar-refractivity contribution in [3.05, 3.63) is 11.8 Å². The minimum Gasteiger partial charge on any atom is -0.491 e. The predicted molar refractivity (Wildman–Crippen MR) is 57.8 cm³/mol. The average molecular weight is 195 g/mol. The van der Waals surface area contributed by atoms with Gasteiger partial charge in [0, 0.05) is 6.42 Å². The Bertz CT molecular complexity index is 239. The maximum atomic E-state index is 6.21. The normalized spacial score (nSPS) is 28.6. The highest BCUT2D eigenvalue weighted by atomic mass is 16.5. The summed E-state index contributed by atoms with van der Waals surface area (Å²) in [6.07, 6.45) is 8.43.